The summed E-state index contributed by atoms with van der Waals surface area (Å²) >= 11 is 3.46. The molecule has 3 nitrogen and oxygen atoms in total. The van der Waals surface area contributed by atoms with Crippen LogP contribution in [-0.2, 0) is 6.54 Å². The Balaban J connectivity index is 2.01. The maximum Gasteiger partial charge on any atom is 0.0410 e. The van der Waals surface area contributed by atoms with Crippen molar-refractivity contribution in [3.05, 3.63) is 28.5 Å². The number of piperidine rings is 1. The van der Waals surface area contributed by atoms with Crippen molar-refractivity contribution in [3.8, 4) is 0 Å². The normalized spacial score (nSPS) is 24.8. The first kappa shape index (κ1) is 13.0. The quantitative estimate of drug-likeness (QED) is 0.911. The molecule has 17 heavy (non-hydrogen) atoms. The van der Waals surface area contributed by atoms with Gasteiger partial charge in [0.2, 0.25) is 0 Å². The highest BCUT2D eigenvalue weighted by Gasteiger charge is 2.33. The van der Waals surface area contributed by atoms with Crippen molar-refractivity contribution < 1.29 is 0 Å². The Morgan fingerprint density at radius 1 is 1.53 bits per heavy atom. The average molecular weight is 298 g/mol. The fourth-order valence-electron chi connectivity index (χ4n) is 2.42. The fraction of sp³-hybridized carbons (Fsp3) is 0.615. The number of pyridine rings is 1. The Hall–Kier alpha value is -0.450. The molecule has 2 rings (SSSR count). The van der Waals surface area contributed by atoms with Crippen LogP contribution in [0.4, 0.5) is 0 Å². The van der Waals surface area contributed by atoms with Crippen LogP contribution in [0.15, 0.2) is 22.9 Å². The third-order valence-corrected chi connectivity index (χ3v) is 3.99. The van der Waals surface area contributed by atoms with Gasteiger partial charge in [-0.05, 0) is 39.4 Å². The van der Waals surface area contributed by atoms with Gasteiger partial charge < -0.3 is 5.73 Å². The zero-order valence-electron chi connectivity index (χ0n) is 10.5. The molecule has 0 amide bonds. The Bertz CT molecular complexity index is 392. The second-order valence-electron chi connectivity index (χ2n) is 5.61. The average Bonchev–Trinajstić information content (AvgIpc) is 2.23. The summed E-state index contributed by atoms with van der Waals surface area (Å²) < 4.78 is 1.04. The van der Waals surface area contributed by atoms with Crippen LogP contribution >= 0.6 is 15.9 Å². The van der Waals surface area contributed by atoms with Crippen molar-refractivity contribution in [1.82, 2.24) is 9.88 Å². The SMILES string of the molecule is CC1(C)CN(Cc2cncc(Br)c2)CCC1N. The van der Waals surface area contributed by atoms with Gasteiger partial charge in [0.15, 0.2) is 0 Å². The molecule has 1 atom stereocenters. The molecule has 0 radical (unpaired) electrons. The van der Waals surface area contributed by atoms with Crippen LogP contribution in [0.2, 0.25) is 0 Å². The molecule has 1 saturated heterocycles. The molecule has 1 fully saturated rings. The van der Waals surface area contributed by atoms with Crippen LogP contribution in [0.25, 0.3) is 0 Å². The number of likely N-dealkylation sites (tertiary alicyclic amines) is 1. The van der Waals surface area contributed by atoms with E-state index in [0.29, 0.717) is 6.04 Å². The van der Waals surface area contributed by atoms with Crippen molar-refractivity contribution in [1.29, 1.82) is 0 Å². The summed E-state index contributed by atoms with van der Waals surface area (Å²) in [5, 5.41) is 0. The molecular formula is C13H20BrN3. The van der Waals surface area contributed by atoms with E-state index in [1.165, 1.54) is 5.56 Å². The summed E-state index contributed by atoms with van der Waals surface area (Å²) in [6.45, 7) is 7.60. The van der Waals surface area contributed by atoms with E-state index in [1.54, 1.807) is 0 Å². The Morgan fingerprint density at radius 2 is 2.29 bits per heavy atom. The number of hydrogen-bond donors (Lipinski definition) is 1. The molecule has 2 N–H and O–H groups in total. The van der Waals surface area contributed by atoms with Gasteiger partial charge in [-0.2, -0.15) is 0 Å². The lowest BCUT2D eigenvalue weighted by Gasteiger charge is -2.42. The monoisotopic (exact) mass is 297 g/mol. The summed E-state index contributed by atoms with van der Waals surface area (Å²) in [5.41, 5.74) is 7.61. The molecular weight excluding hydrogens is 278 g/mol. The van der Waals surface area contributed by atoms with Gasteiger partial charge in [0.1, 0.15) is 0 Å². The minimum Gasteiger partial charge on any atom is -0.327 e. The number of nitrogens with two attached hydrogens (primary N) is 1. The summed E-state index contributed by atoms with van der Waals surface area (Å²) in [7, 11) is 0. The van der Waals surface area contributed by atoms with E-state index < -0.39 is 0 Å². The molecule has 1 aromatic rings. The second-order valence-corrected chi connectivity index (χ2v) is 6.52. The van der Waals surface area contributed by atoms with E-state index >= 15 is 0 Å². The number of aromatic nitrogens is 1. The molecule has 94 valence electrons. The highest BCUT2D eigenvalue weighted by atomic mass is 79.9. The van der Waals surface area contributed by atoms with Crippen molar-refractivity contribution >= 4 is 15.9 Å². The van der Waals surface area contributed by atoms with Crippen molar-refractivity contribution in [2.24, 2.45) is 11.1 Å². The van der Waals surface area contributed by atoms with Crippen molar-refractivity contribution in [2.75, 3.05) is 13.1 Å². The molecule has 0 aromatic carbocycles. The molecule has 4 heteroatoms. The standard InChI is InChI=1S/C13H20BrN3/c1-13(2)9-17(4-3-12(13)15)8-10-5-11(14)7-16-6-10/h5-7,12H,3-4,8-9,15H2,1-2H3. The van der Waals surface area contributed by atoms with E-state index in [0.717, 1.165) is 30.5 Å². The summed E-state index contributed by atoms with van der Waals surface area (Å²) in [6.07, 6.45) is 4.83. The van der Waals surface area contributed by atoms with Gasteiger partial charge in [-0.25, -0.2) is 0 Å². The van der Waals surface area contributed by atoms with Gasteiger partial charge >= 0.3 is 0 Å². The summed E-state index contributed by atoms with van der Waals surface area (Å²) in [4.78, 5) is 6.67. The highest BCUT2D eigenvalue weighted by molar-refractivity contribution is 9.10. The molecule has 1 unspecified atom stereocenters. The van der Waals surface area contributed by atoms with Crippen LogP contribution in [0.3, 0.4) is 0 Å². The lowest BCUT2D eigenvalue weighted by Crippen LogP contribution is -2.52. The van der Waals surface area contributed by atoms with Crippen LogP contribution in [0.1, 0.15) is 25.8 Å². The molecule has 0 aliphatic carbocycles. The topological polar surface area (TPSA) is 42.2 Å². The van der Waals surface area contributed by atoms with Gasteiger partial charge in [0, 0.05) is 42.5 Å². The van der Waals surface area contributed by atoms with Gasteiger partial charge in [-0.1, -0.05) is 13.8 Å². The summed E-state index contributed by atoms with van der Waals surface area (Å²) in [5.74, 6) is 0. The number of rotatable bonds is 2. The minimum absolute atomic E-state index is 0.206. The van der Waals surface area contributed by atoms with Gasteiger partial charge in [-0.15, -0.1) is 0 Å². The largest absolute Gasteiger partial charge is 0.327 e. The van der Waals surface area contributed by atoms with E-state index in [1.807, 2.05) is 12.4 Å². The van der Waals surface area contributed by atoms with Crippen LogP contribution in [-0.4, -0.2) is 29.0 Å². The van der Waals surface area contributed by atoms with E-state index in [-0.39, 0.29) is 5.41 Å². The van der Waals surface area contributed by atoms with Crippen LogP contribution in [0, 0.1) is 5.41 Å². The zero-order chi connectivity index (χ0) is 12.5. The second kappa shape index (κ2) is 5.04. The Kier molecular flexibility index (Phi) is 3.85. The Morgan fingerprint density at radius 3 is 2.94 bits per heavy atom. The fourth-order valence-corrected chi connectivity index (χ4v) is 2.83. The maximum atomic E-state index is 6.15. The third-order valence-electron chi connectivity index (χ3n) is 3.56. The van der Waals surface area contributed by atoms with E-state index in [9.17, 15) is 0 Å². The van der Waals surface area contributed by atoms with E-state index in [4.69, 9.17) is 5.73 Å². The molecule has 1 aliphatic heterocycles. The molecule has 0 saturated carbocycles. The lowest BCUT2D eigenvalue weighted by molar-refractivity contribution is 0.0898. The summed E-state index contributed by atoms with van der Waals surface area (Å²) in [6, 6.07) is 2.45. The Labute approximate surface area is 112 Å². The first-order valence-corrected chi connectivity index (χ1v) is 6.84. The van der Waals surface area contributed by atoms with Crippen LogP contribution < -0.4 is 5.73 Å². The minimum atomic E-state index is 0.206. The third kappa shape index (κ3) is 3.27. The maximum absolute atomic E-state index is 6.15. The predicted molar refractivity (Wildman–Crippen MR) is 73.6 cm³/mol. The molecule has 0 bridgehead atoms. The number of halogens is 1. The van der Waals surface area contributed by atoms with Gasteiger partial charge in [0.05, 0.1) is 0 Å². The smallest absolute Gasteiger partial charge is 0.0410 e. The molecule has 0 spiro atoms. The number of hydrogen-bond acceptors (Lipinski definition) is 3. The van der Waals surface area contributed by atoms with E-state index in [2.05, 4.69) is 45.7 Å². The van der Waals surface area contributed by atoms with Crippen molar-refractivity contribution in [3.63, 3.8) is 0 Å². The van der Waals surface area contributed by atoms with Gasteiger partial charge in [0.25, 0.3) is 0 Å². The van der Waals surface area contributed by atoms with Gasteiger partial charge in [-0.3, -0.25) is 9.88 Å². The first-order valence-electron chi connectivity index (χ1n) is 6.05. The predicted octanol–water partition coefficient (Wildman–Crippen LogP) is 2.40. The first-order chi connectivity index (χ1) is 7.97. The van der Waals surface area contributed by atoms with Crippen LogP contribution in [0.5, 0.6) is 0 Å². The molecule has 1 aliphatic rings. The lowest BCUT2D eigenvalue weighted by atomic mass is 9.79. The number of nitrogens with zero attached hydrogens (tertiary/aromatic N) is 2. The molecule has 1 aromatic heterocycles. The highest BCUT2D eigenvalue weighted by Crippen LogP contribution is 2.28. The van der Waals surface area contributed by atoms with Crippen molar-refractivity contribution in [2.45, 2.75) is 32.9 Å². The zero-order valence-corrected chi connectivity index (χ0v) is 12.1. The molecule has 2 heterocycles.